The highest BCUT2D eigenvalue weighted by Gasteiger charge is 2.33. The van der Waals surface area contributed by atoms with Gasteiger partial charge in [-0.1, -0.05) is 25.5 Å². The van der Waals surface area contributed by atoms with Crippen LogP contribution in [0.5, 0.6) is 17.2 Å². The van der Waals surface area contributed by atoms with Crippen molar-refractivity contribution in [2.75, 3.05) is 38.7 Å². The Kier molecular flexibility index (Phi) is 11.8. The van der Waals surface area contributed by atoms with Crippen LogP contribution in [0.15, 0.2) is 71.6 Å². The van der Waals surface area contributed by atoms with Crippen molar-refractivity contribution in [3.05, 3.63) is 78.1 Å². The van der Waals surface area contributed by atoms with Crippen LogP contribution in [-0.4, -0.2) is 65.6 Å². The van der Waals surface area contributed by atoms with Crippen molar-refractivity contribution in [1.82, 2.24) is 10.2 Å². The number of benzene rings is 3. The topological polar surface area (TPSA) is 114 Å². The van der Waals surface area contributed by atoms with Crippen molar-refractivity contribution < 1.29 is 36.6 Å². The van der Waals surface area contributed by atoms with E-state index in [4.69, 9.17) is 14.2 Å². The van der Waals surface area contributed by atoms with Crippen LogP contribution in [0.2, 0.25) is 0 Å². The van der Waals surface area contributed by atoms with E-state index in [9.17, 15) is 22.4 Å². The van der Waals surface area contributed by atoms with Gasteiger partial charge in [-0.2, -0.15) is 0 Å². The van der Waals surface area contributed by atoms with Gasteiger partial charge < -0.3 is 24.4 Å². The number of hydrogen-bond acceptors (Lipinski definition) is 7. The van der Waals surface area contributed by atoms with E-state index in [2.05, 4.69) is 5.32 Å². The molecule has 3 aromatic carbocycles. The highest BCUT2D eigenvalue weighted by molar-refractivity contribution is 7.92. The van der Waals surface area contributed by atoms with Gasteiger partial charge in [0.1, 0.15) is 24.2 Å². The van der Waals surface area contributed by atoms with Crippen molar-refractivity contribution in [2.45, 2.75) is 44.2 Å². The van der Waals surface area contributed by atoms with E-state index in [0.29, 0.717) is 23.6 Å². The molecule has 12 heteroatoms. The van der Waals surface area contributed by atoms with Gasteiger partial charge in [0.05, 0.1) is 31.9 Å². The minimum Gasteiger partial charge on any atom is -0.497 e. The van der Waals surface area contributed by atoms with Crippen LogP contribution in [0.1, 0.15) is 32.3 Å². The summed E-state index contributed by atoms with van der Waals surface area (Å²) in [6, 6.07) is 14.9. The molecule has 0 spiro atoms. The Hall–Kier alpha value is -4.32. The third-order valence-corrected chi connectivity index (χ3v) is 8.62. The first-order valence-electron chi connectivity index (χ1n) is 13.8. The molecule has 0 aliphatic carbocycles. The molecule has 0 saturated carbocycles. The van der Waals surface area contributed by atoms with Gasteiger partial charge in [-0.15, -0.1) is 0 Å². The summed E-state index contributed by atoms with van der Waals surface area (Å²) in [5, 5.41) is 2.84. The number of carbonyl (C=O) groups excluding carboxylic acids is 2. The number of nitrogens with zero attached hydrogens (tertiary/aromatic N) is 2. The molecule has 3 aromatic rings. The van der Waals surface area contributed by atoms with Crippen molar-refractivity contribution in [3.8, 4) is 17.2 Å². The van der Waals surface area contributed by atoms with Gasteiger partial charge >= 0.3 is 0 Å². The number of sulfonamides is 1. The Labute approximate surface area is 252 Å². The fourth-order valence-electron chi connectivity index (χ4n) is 4.29. The summed E-state index contributed by atoms with van der Waals surface area (Å²) in [5.41, 5.74) is 0.771. The van der Waals surface area contributed by atoms with E-state index in [0.717, 1.165) is 29.3 Å². The largest absolute Gasteiger partial charge is 0.497 e. The number of amides is 2. The fourth-order valence-corrected chi connectivity index (χ4v) is 5.72. The number of unbranched alkanes of at least 4 members (excludes halogenated alkanes) is 1. The van der Waals surface area contributed by atoms with Gasteiger partial charge in [0.15, 0.2) is 11.5 Å². The molecule has 0 aliphatic rings. The highest BCUT2D eigenvalue weighted by Crippen LogP contribution is 2.32. The van der Waals surface area contributed by atoms with Gasteiger partial charge in [0.25, 0.3) is 10.0 Å². The number of ether oxygens (including phenoxy) is 3. The maximum absolute atomic E-state index is 14.0. The normalized spacial score (nSPS) is 11.8. The predicted molar refractivity (Wildman–Crippen MR) is 161 cm³/mol. The average molecular weight is 616 g/mol. The first kappa shape index (κ1) is 33.2. The van der Waals surface area contributed by atoms with E-state index < -0.39 is 34.3 Å². The molecular formula is C31H38FN3O7S. The molecule has 0 heterocycles. The maximum atomic E-state index is 14.0. The molecule has 0 radical (unpaired) electrons. The first-order valence-corrected chi connectivity index (χ1v) is 15.2. The number of anilines is 1. The zero-order valence-corrected chi connectivity index (χ0v) is 25.8. The van der Waals surface area contributed by atoms with Crippen LogP contribution in [0.3, 0.4) is 0 Å². The molecule has 3 rings (SSSR count). The van der Waals surface area contributed by atoms with Gasteiger partial charge in [-0.05, 0) is 67.4 Å². The SMILES string of the molecule is CCCCNC(=O)[C@H](C)N(Cc1ccc(OC)cc1)C(=O)CN(c1ccc(F)cc1)S(=O)(=O)c1ccc(OC)c(OC)c1. The second-order valence-electron chi connectivity index (χ2n) is 9.70. The standard InChI is InChI=1S/C31H38FN3O7S/c1-6-7-18-33-31(37)22(2)34(20-23-8-14-26(40-3)15-9-23)30(36)21-35(25-12-10-24(32)11-13-25)43(38,39)27-16-17-28(41-4)29(19-27)42-5/h8-17,19,22H,6-7,18,20-21H2,1-5H3,(H,33,37)/t22-/m0/s1. The Bertz CT molecular complexity index is 1480. The fraction of sp³-hybridized carbons (Fsp3) is 0.355. The van der Waals surface area contributed by atoms with E-state index >= 15 is 0 Å². The lowest BCUT2D eigenvalue weighted by Gasteiger charge is -2.32. The first-order chi connectivity index (χ1) is 20.5. The van der Waals surface area contributed by atoms with Crippen LogP contribution in [0, 0.1) is 5.82 Å². The molecule has 0 aromatic heterocycles. The molecule has 232 valence electrons. The molecule has 0 unspecified atom stereocenters. The molecule has 10 nitrogen and oxygen atoms in total. The molecule has 1 atom stereocenters. The average Bonchev–Trinajstić information content (AvgIpc) is 3.02. The third-order valence-electron chi connectivity index (χ3n) is 6.85. The van der Waals surface area contributed by atoms with Crippen molar-refractivity contribution in [3.63, 3.8) is 0 Å². The number of methoxy groups -OCH3 is 3. The quantitative estimate of drug-likeness (QED) is 0.253. The van der Waals surface area contributed by atoms with E-state index in [1.54, 1.807) is 31.2 Å². The Morgan fingerprint density at radius 1 is 0.907 bits per heavy atom. The number of hydrogen-bond donors (Lipinski definition) is 1. The minimum absolute atomic E-state index is 0.0266. The summed E-state index contributed by atoms with van der Waals surface area (Å²) >= 11 is 0. The highest BCUT2D eigenvalue weighted by atomic mass is 32.2. The Morgan fingerprint density at radius 2 is 1.56 bits per heavy atom. The van der Waals surface area contributed by atoms with Gasteiger partial charge in [-0.3, -0.25) is 13.9 Å². The zero-order valence-electron chi connectivity index (χ0n) is 25.0. The predicted octanol–water partition coefficient (Wildman–Crippen LogP) is 4.38. The van der Waals surface area contributed by atoms with E-state index in [1.165, 1.54) is 56.6 Å². The van der Waals surface area contributed by atoms with Crippen LogP contribution >= 0.6 is 0 Å². The van der Waals surface area contributed by atoms with Crippen molar-refractivity contribution in [2.24, 2.45) is 0 Å². The summed E-state index contributed by atoms with van der Waals surface area (Å²) in [6.45, 7) is 3.40. The lowest BCUT2D eigenvalue weighted by atomic mass is 10.1. The molecule has 0 fully saturated rings. The summed E-state index contributed by atoms with van der Waals surface area (Å²) < 4.78 is 58.5. The van der Waals surface area contributed by atoms with Gasteiger partial charge in [0.2, 0.25) is 11.8 Å². The second-order valence-corrected chi connectivity index (χ2v) is 11.6. The van der Waals surface area contributed by atoms with Crippen molar-refractivity contribution in [1.29, 1.82) is 0 Å². The monoisotopic (exact) mass is 615 g/mol. The zero-order chi connectivity index (χ0) is 31.6. The third kappa shape index (κ3) is 8.38. The molecule has 43 heavy (non-hydrogen) atoms. The number of carbonyl (C=O) groups is 2. The lowest BCUT2D eigenvalue weighted by Crippen LogP contribution is -2.51. The summed E-state index contributed by atoms with van der Waals surface area (Å²) in [4.78, 5) is 28.2. The van der Waals surface area contributed by atoms with Crippen LogP contribution < -0.4 is 23.8 Å². The molecule has 1 N–H and O–H groups in total. The van der Waals surface area contributed by atoms with Crippen LogP contribution in [0.4, 0.5) is 10.1 Å². The van der Waals surface area contributed by atoms with Gasteiger partial charge in [0, 0.05) is 19.2 Å². The maximum Gasteiger partial charge on any atom is 0.264 e. The van der Waals surface area contributed by atoms with Crippen LogP contribution in [-0.2, 0) is 26.2 Å². The Morgan fingerprint density at radius 3 is 2.14 bits per heavy atom. The molecular weight excluding hydrogens is 577 g/mol. The number of nitrogens with one attached hydrogen (secondary N) is 1. The smallest absolute Gasteiger partial charge is 0.264 e. The summed E-state index contributed by atoms with van der Waals surface area (Å²) in [7, 11) is -0.0520. The molecule has 2 amide bonds. The van der Waals surface area contributed by atoms with Gasteiger partial charge in [-0.25, -0.2) is 12.8 Å². The minimum atomic E-state index is -4.39. The van der Waals surface area contributed by atoms with Crippen LogP contribution in [0.25, 0.3) is 0 Å². The summed E-state index contributed by atoms with van der Waals surface area (Å²) in [6.07, 6.45) is 1.65. The Balaban J connectivity index is 2.03. The van der Waals surface area contributed by atoms with E-state index in [-0.39, 0.29) is 28.8 Å². The molecule has 0 aliphatic heterocycles. The number of rotatable bonds is 15. The van der Waals surface area contributed by atoms with E-state index in [1.807, 2.05) is 6.92 Å². The second kappa shape index (κ2) is 15.2. The lowest BCUT2D eigenvalue weighted by molar-refractivity contribution is -0.139. The summed E-state index contributed by atoms with van der Waals surface area (Å²) in [5.74, 6) is -0.465. The molecule has 0 bridgehead atoms. The van der Waals surface area contributed by atoms with Crippen molar-refractivity contribution >= 4 is 27.5 Å². The number of halogens is 1. The molecule has 0 saturated heterocycles.